The van der Waals surface area contributed by atoms with Gasteiger partial charge in [-0.1, -0.05) is 0 Å². The van der Waals surface area contributed by atoms with Crippen LogP contribution in [0.4, 0.5) is 13.2 Å². The third kappa shape index (κ3) is 2.39. The third-order valence-corrected chi connectivity index (χ3v) is 3.62. The van der Waals surface area contributed by atoms with Gasteiger partial charge in [0, 0.05) is 17.9 Å². The number of nitrogens with one attached hydrogen (secondary N) is 1. The van der Waals surface area contributed by atoms with E-state index in [4.69, 9.17) is 5.11 Å². The molecule has 1 fully saturated rings. The first kappa shape index (κ1) is 12.3. The van der Waals surface area contributed by atoms with Crippen molar-refractivity contribution in [2.75, 3.05) is 5.75 Å². The summed E-state index contributed by atoms with van der Waals surface area (Å²) in [4.78, 5) is 10.7. The van der Waals surface area contributed by atoms with Gasteiger partial charge in [0.25, 0.3) is 0 Å². The summed E-state index contributed by atoms with van der Waals surface area (Å²) in [6.07, 6.45) is 0. The van der Waals surface area contributed by atoms with Crippen LogP contribution in [0.25, 0.3) is 0 Å². The largest absolute Gasteiger partial charge is 0.480 e. The summed E-state index contributed by atoms with van der Waals surface area (Å²) in [5.74, 6) is -3.91. The van der Waals surface area contributed by atoms with Crippen molar-refractivity contribution >= 4 is 17.7 Å². The van der Waals surface area contributed by atoms with Gasteiger partial charge in [-0.05, 0) is 0 Å². The molecule has 3 nitrogen and oxygen atoms in total. The standard InChI is InChI=1S/C10H8F3NO2S/c11-4-1-5(12)8(6(13)2-4)9-14-7(3-17-9)10(15)16/h1-2,7,9,14H,3H2,(H,15,16)/t7-,9+/m1/s1. The average molecular weight is 263 g/mol. The fourth-order valence-electron chi connectivity index (χ4n) is 1.58. The molecule has 92 valence electrons. The molecule has 0 saturated carbocycles. The summed E-state index contributed by atoms with van der Waals surface area (Å²) in [5.41, 5.74) is -0.333. The Morgan fingerprint density at radius 1 is 1.35 bits per heavy atom. The van der Waals surface area contributed by atoms with Crippen molar-refractivity contribution in [1.82, 2.24) is 5.32 Å². The van der Waals surface area contributed by atoms with E-state index in [0.29, 0.717) is 12.1 Å². The molecule has 1 aliphatic rings. The smallest absolute Gasteiger partial charge is 0.321 e. The minimum Gasteiger partial charge on any atom is -0.480 e. The molecule has 0 radical (unpaired) electrons. The molecule has 1 aromatic carbocycles. The lowest BCUT2D eigenvalue weighted by atomic mass is 10.1. The van der Waals surface area contributed by atoms with Crippen molar-refractivity contribution in [3.8, 4) is 0 Å². The second-order valence-corrected chi connectivity index (χ2v) is 4.69. The van der Waals surface area contributed by atoms with Crippen molar-refractivity contribution in [3.05, 3.63) is 35.1 Å². The number of aliphatic carboxylic acids is 1. The first-order valence-electron chi connectivity index (χ1n) is 4.74. The first-order chi connectivity index (χ1) is 7.99. The summed E-state index contributed by atoms with van der Waals surface area (Å²) < 4.78 is 39.5. The molecule has 0 aromatic heterocycles. The van der Waals surface area contributed by atoms with E-state index < -0.39 is 34.8 Å². The highest BCUT2D eigenvalue weighted by Gasteiger charge is 2.33. The molecule has 0 spiro atoms. The molecular formula is C10H8F3NO2S. The molecule has 7 heteroatoms. The molecule has 1 aliphatic heterocycles. The molecule has 2 atom stereocenters. The minimum atomic E-state index is -1.08. The molecule has 2 N–H and O–H groups in total. The van der Waals surface area contributed by atoms with Crippen LogP contribution in [0.3, 0.4) is 0 Å². The third-order valence-electron chi connectivity index (χ3n) is 2.39. The van der Waals surface area contributed by atoms with Gasteiger partial charge in [-0.3, -0.25) is 10.1 Å². The summed E-state index contributed by atoms with van der Waals surface area (Å²) >= 11 is 1.07. The molecular weight excluding hydrogens is 255 g/mol. The van der Waals surface area contributed by atoms with Crippen LogP contribution in [0.2, 0.25) is 0 Å². The second kappa shape index (κ2) is 4.58. The fourth-order valence-corrected chi connectivity index (χ4v) is 2.86. The number of carboxylic acids is 1. The zero-order valence-corrected chi connectivity index (χ0v) is 9.23. The molecule has 0 aliphatic carbocycles. The molecule has 2 rings (SSSR count). The predicted molar refractivity (Wildman–Crippen MR) is 56.1 cm³/mol. The Kier molecular flexibility index (Phi) is 3.30. The highest BCUT2D eigenvalue weighted by molar-refractivity contribution is 7.99. The van der Waals surface area contributed by atoms with E-state index in [1.54, 1.807) is 0 Å². The van der Waals surface area contributed by atoms with Crippen molar-refractivity contribution in [2.24, 2.45) is 0 Å². The van der Waals surface area contributed by atoms with Gasteiger partial charge in [-0.2, -0.15) is 0 Å². The van der Waals surface area contributed by atoms with Gasteiger partial charge < -0.3 is 5.11 Å². The summed E-state index contributed by atoms with van der Waals surface area (Å²) in [5, 5.41) is 10.5. The molecule has 0 bridgehead atoms. The Balaban J connectivity index is 2.27. The molecule has 0 unspecified atom stereocenters. The van der Waals surface area contributed by atoms with Gasteiger partial charge in [-0.25, -0.2) is 13.2 Å². The van der Waals surface area contributed by atoms with Crippen LogP contribution in [0.1, 0.15) is 10.9 Å². The number of thioether (sulfide) groups is 1. The van der Waals surface area contributed by atoms with Crippen molar-refractivity contribution in [2.45, 2.75) is 11.4 Å². The SMILES string of the molecule is O=C(O)[C@H]1CS[C@@H](c2c(F)cc(F)cc2F)N1. The zero-order valence-electron chi connectivity index (χ0n) is 8.41. The number of hydrogen-bond acceptors (Lipinski definition) is 3. The fraction of sp³-hybridized carbons (Fsp3) is 0.300. The van der Waals surface area contributed by atoms with Crippen LogP contribution >= 0.6 is 11.8 Å². The number of halogens is 3. The Morgan fingerprint density at radius 3 is 2.41 bits per heavy atom. The monoisotopic (exact) mass is 263 g/mol. The van der Waals surface area contributed by atoms with Crippen molar-refractivity contribution in [1.29, 1.82) is 0 Å². The number of carboxylic acid groups (broad SMARTS) is 1. The molecule has 17 heavy (non-hydrogen) atoms. The molecule has 1 heterocycles. The highest BCUT2D eigenvalue weighted by Crippen LogP contribution is 2.35. The van der Waals surface area contributed by atoms with Crippen LogP contribution in [-0.2, 0) is 4.79 Å². The maximum Gasteiger partial charge on any atom is 0.321 e. The van der Waals surface area contributed by atoms with E-state index in [2.05, 4.69) is 5.32 Å². The lowest BCUT2D eigenvalue weighted by Gasteiger charge is -2.13. The van der Waals surface area contributed by atoms with Gasteiger partial charge >= 0.3 is 5.97 Å². The van der Waals surface area contributed by atoms with Crippen LogP contribution in [0.15, 0.2) is 12.1 Å². The van der Waals surface area contributed by atoms with Crippen LogP contribution in [0, 0.1) is 17.5 Å². The first-order valence-corrected chi connectivity index (χ1v) is 5.79. The van der Waals surface area contributed by atoms with Gasteiger partial charge in [0.2, 0.25) is 0 Å². The second-order valence-electron chi connectivity index (χ2n) is 3.55. The van der Waals surface area contributed by atoms with E-state index in [-0.39, 0.29) is 11.3 Å². The number of hydrogen-bond donors (Lipinski definition) is 2. The van der Waals surface area contributed by atoms with Crippen molar-refractivity contribution in [3.63, 3.8) is 0 Å². The number of rotatable bonds is 2. The minimum absolute atomic E-state index is 0.205. The Morgan fingerprint density at radius 2 is 1.94 bits per heavy atom. The van der Waals surface area contributed by atoms with E-state index in [9.17, 15) is 18.0 Å². The molecule has 0 amide bonds. The van der Waals surface area contributed by atoms with Gasteiger partial charge in [0.05, 0.1) is 10.9 Å². The normalized spacial score (nSPS) is 23.9. The molecule has 1 saturated heterocycles. The number of benzene rings is 1. The Hall–Kier alpha value is -1.21. The van der Waals surface area contributed by atoms with Crippen molar-refractivity contribution < 1.29 is 23.1 Å². The predicted octanol–water partition coefficient (Wildman–Crippen LogP) is 1.89. The maximum atomic E-state index is 13.4. The lowest BCUT2D eigenvalue weighted by Crippen LogP contribution is -2.34. The maximum absolute atomic E-state index is 13.4. The van der Waals surface area contributed by atoms with E-state index >= 15 is 0 Å². The van der Waals surface area contributed by atoms with Gasteiger partial charge in [-0.15, -0.1) is 11.8 Å². The quantitative estimate of drug-likeness (QED) is 0.855. The number of carbonyl (C=O) groups is 1. The van der Waals surface area contributed by atoms with Gasteiger partial charge in [0.15, 0.2) is 0 Å². The van der Waals surface area contributed by atoms with Gasteiger partial charge in [0.1, 0.15) is 23.5 Å². The Bertz CT molecular complexity index is 446. The topological polar surface area (TPSA) is 49.3 Å². The average Bonchev–Trinajstić information content (AvgIpc) is 2.65. The van der Waals surface area contributed by atoms with Crippen LogP contribution in [0.5, 0.6) is 0 Å². The lowest BCUT2D eigenvalue weighted by molar-refractivity contribution is -0.138. The highest BCUT2D eigenvalue weighted by atomic mass is 32.2. The van der Waals surface area contributed by atoms with Crippen LogP contribution < -0.4 is 5.32 Å². The summed E-state index contributed by atoms with van der Waals surface area (Å²) in [6.45, 7) is 0. The van der Waals surface area contributed by atoms with E-state index in [1.165, 1.54) is 0 Å². The summed E-state index contributed by atoms with van der Waals surface area (Å²) in [6, 6.07) is 0.303. The summed E-state index contributed by atoms with van der Waals surface area (Å²) in [7, 11) is 0. The van der Waals surface area contributed by atoms with E-state index in [1.807, 2.05) is 0 Å². The zero-order chi connectivity index (χ0) is 12.6. The Labute approximate surface area is 99.0 Å². The van der Waals surface area contributed by atoms with E-state index in [0.717, 1.165) is 11.8 Å². The van der Waals surface area contributed by atoms with Crippen LogP contribution in [-0.4, -0.2) is 22.9 Å². The molecule has 1 aromatic rings.